The molecule has 2 atom stereocenters. The Morgan fingerprint density at radius 2 is 1.83 bits per heavy atom. The molecule has 0 radical (unpaired) electrons. The molecular formula is C13H20N2O3. The predicted molar refractivity (Wildman–Crippen MR) is 69.7 cm³/mol. The first-order valence-electron chi connectivity index (χ1n) is 5.69. The Hall–Kier alpha value is -1.59. The van der Waals surface area contributed by atoms with Gasteiger partial charge in [0.2, 0.25) is 0 Å². The highest BCUT2D eigenvalue weighted by Gasteiger charge is 2.26. The fraction of sp³-hybridized carbons (Fsp3) is 0.462. The lowest BCUT2D eigenvalue weighted by Gasteiger charge is -2.23. The van der Waals surface area contributed by atoms with Crippen LogP contribution in [0, 0.1) is 20.8 Å². The molecule has 2 unspecified atom stereocenters. The summed E-state index contributed by atoms with van der Waals surface area (Å²) in [5.74, 6) is -0.334. The Morgan fingerprint density at radius 3 is 2.28 bits per heavy atom. The molecule has 0 aliphatic heterocycles. The summed E-state index contributed by atoms with van der Waals surface area (Å²) < 4.78 is 5.26. The number of carboxylic acids is 1. The Bertz CT molecular complexity index is 472. The minimum atomic E-state index is -1.12. The Labute approximate surface area is 107 Å². The second-order valence-corrected chi connectivity index (χ2v) is 4.45. The van der Waals surface area contributed by atoms with E-state index in [9.17, 15) is 4.79 Å². The molecule has 0 spiro atoms. The van der Waals surface area contributed by atoms with Gasteiger partial charge < -0.3 is 21.3 Å². The lowest BCUT2D eigenvalue weighted by molar-refractivity contribution is -0.139. The van der Waals surface area contributed by atoms with Crippen molar-refractivity contribution in [2.24, 2.45) is 11.5 Å². The van der Waals surface area contributed by atoms with Crippen LogP contribution >= 0.6 is 0 Å². The molecule has 1 aromatic carbocycles. The molecule has 0 aliphatic rings. The van der Waals surface area contributed by atoms with Crippen LogP contribution in [0.5, 0.6) is 5.75 Å². The van der Waals surface area contributed by atoms with Crippen molar-refractivity contribution in [2.45, 2.75) is 32.9 Å². The van der Waals surface area contributed by atoms with E-state index in [-0.39, 0.29) is 0 Å². The van der Waals surface area contributed by atoms with E-state index in [1.165, 1.54) is 0 Å². The van der Waals surface area contributed by atoms with Crippen molar-refractivity contribution in [3.63, 3.8) is 0 Å². The van der Waals surface area contributed by atoms with Gasteiger partial charge in [0.25, 0.3) is 0 Å². The van der Waals surface area contributed by atoms with Crippen molar-refractivity contribution in [2.75, 3.05) is 7.11 Å². The zero-order valence-electron chi connectivity index (χ0n) is 11.2. The zero-order valence-corrected chi connectivity index (χ0v) is 11.2. The molecule has 5 N–H and O–H groups in total. The minimum Gasteiger partial charge on any atom is -0.496 e. The molecule has 0 saturated heterocycles. The van der Waals surface area contributed by atoms with Gasteiger partial charge in [-0.3, -0.25) is 4.79 Å². The van der Waals surface area contributed by atoms with Crippen LogP contribution in [-0.4, -0.2) is 24.2 Å². The molecule has 1 rings (SSSR count). The quantitative estimate of drug-likeness (QED) is 0.743. The normalized spacial score (nSPS) is 14.1. The SMILES string of the molecule is COc1cc(C)c(C(N)C(N)C(=O)O)c(C)c1C. The minimum absolute atomic E-state index is 0.730. The first kappa shape index (κ1) is 14.5. The summed E-state index contributed by atoms with van der Waals surface area (Å²) in [4.78, 5) is 10.9. The van der Waals surface area contributed by atoms with Crippen LogP contribution in [0.3, 0.4) is 0 Å². The number of rotatable bonds is 4. The molecule has 1 aromatic rings. The summed E-state index contributed by atoms with van der Waals surface area (Å²) in [5, 5.41) is 8.94. The van der Waals surface area contributed by atoms with Crippen LogP contribution in [0.25, 0.3) is 0 Å². The van der Waals surface area contributed by atoms with Crippen LogP contribution in [0.4, 0.5) is 0 Å². The summed E-state index contributed by atoms with van der Waals surface area (Å²) in [7, 11) is 1.60. The fourth-order valence-corrected chi connectivity index (χ4v) is 2.12. The molecule has 0 aromatic heterocycles. The molecule has 0 saturated carbocycles. The van der Waals surface area contributed by atoms with E-state index in [0.717, 1.165) is 28.0 Å². The monoisotopic (exact) mass is 252 g/mol. The van der Waals surface area contributed by atoms with Gasteiger partial charge in [0.05, 0.1) is 13.2 Å². The molecule has 0 heterocycles. The van der Waals surface area contributed by atoms with E-state index >= 15 is 0 Å². The Morgan fingerprint density at radius 1 is 1.28 bits per heavy atom. The van der Waals surface area contributed by atoms with Gasteiger partial charge in [0.15, 0.2) is 0 Å². The maximum absolute atomic E-state index is 10.9. The highest BCUT2D eigenvalue weighted by Crippen LogP contribution is 2.31. The Kier molecular flexibility index (Phi) is 4.32. The third-order valence-electron chi connectivity index (χ3n) is 3.33. The number of aryl methyl sites for hydroxylation is 1. The second-order valence-electron chi connectivity index (χ2n) is 4.45. The van der Waals surface area contributed by atoms with E-state index in [0.29, 0.717) is 0 Å². The number of carboxylic acid groups (broad SMARTS) is 1. The molecule has 18 heavy (non-hydrogen) atoms. The highest BCUT2D eigenvalue weighted by molar-refractivity contribution is 5.75. The molecular weight excluding hydrogens is 232 g/mol. The summed E-state index contributed by atoms with van der Waals surface area (Å²) in [6.07, 6.45) is 0. The van der Waals surface area contributed by atoms with E-state index < -0.39 is 18.1 Å². The number of hydrogen-bond acceptors (Lipinski definition) is 4. The van der Waals surface area contributed by atoms with Crippen LogP contribution in [0.1, 0.15) is 28.3 Å². The topological polar surface area (TPSA) is 98.6 Å². The predicted octanol–water partition coefficient (Wildman–Crippen LogP) is 1.03. The Balaban J connectivity index is 3.33. The van der Waals surface area contributed by atoms with Crippen molar-refractivity contribution < 1.29 is 14.6 Å². The molecule has 5 nitrogen and oxygen atoms in total. The van der Waals surface area contributed by atoms with E-state index in [2.05, 4.69) is 0 Å². The number of methoxy groups -OCH3 is 1. The molecule has 0 aliphatic carbocycles. The van der Waals surface area contributed by atoms with Gasteiger partial charge >= 0.3 is 5.97 Å². The van der Waals surface area contributed by atoms with Gasteiger partial charge in [-0.05, 0) is 49.1 Å². The van der Waals surface area contributed by atoms with Crippen LogP contribution in [0.2, 0.25) is 0 Å². The summed E-state index contributed by atoms with van der Waals surface area (Å²) in [6.45, 7) is 5.68. The average Bonchev–Trinajstić information content (AvgIpc) is 2.32. The van der Waals surface area contributed by atoms with E-state index in [1.807, 2.05) is 26.8 Å². The molecule has 5 heteroatoms. The van der Waals surface area contributed by atoms with E-state index in [1.54, 1.807) is 7.11 Å². The number of carbonyl (C=O) groups is 1. The second kappa shape index (κ2) is 5.37. The molecule has 100 valence electrons. The fourth-order valence-electron chi connectivity index (χ4n) is 2.12. The van der Waals surface area contributed by atoms with Crippen LogP contribution < -0.4 is 16.2 Å². The highest BCUT2D eigenvalue weighted by atomic mass is 16.5. The summed E-state index contributed by atoms with van der Waals surface area (Å²) in [6, 6.07) is 0.00818. The van der Waals surface area contributed by atoms with Crippen molar-refractivity contribution in [1.29, 1.82) is 0 Å². The maximum atomic E-state index is 10.9. The van der Waals surface area contributed by atoms with Crippen molar-refractivity contribution in [3.8, 4) is 5.75 Å². The van der Waals surface area contributed by atoms with Gasteiger partial charge in [-0.2, -0.15) is 0 Å². The number of ether oxygens (including phenoxy) is 1. The number of aliphatic carboxylic acids is 1. The third-order valence-corrected chi connectivity index (χ3v) is 3.33. The largest absolute Gasteiger partial charge is 0.496 e. The lowest BCUT2D eigenvalue weighted by Crippen LogP contribution is -2.41. The molecule has 0 bridgehead atoms. The number of nitrogens with two attached hydrogens (primary N) is 2. The average molecular weight is 252 g/mol. The first-order chi connectivity index (χ1) is 8.31. The zero-order chi connectivity index (χ0) is 14.0. The maximum Gasteiger partial charge on any atom is 0.322 e. The summed E-state index contributed by atoms with van der Waals surface area (Å²) in [5.41, 5.74) is 15.1. The standard InChI is InChI=1S/C13H20N2O3/c1-6-5-9(18-4)7(2)8(3)10(6)11(14)12(15)13(16)17/h5,11-12H,14-15H2,1-4H3,(H,16,17). The summed E-state index contributed by atoms with van der Waals surface area (Å²) >= 11 is 0. The van der Waals surface area contributed by atoms with Crippen molar-refractivity contribution >= 4 is 5.97 Å². The number of hydrogen-bond donors (Lipinski definition) is 3. The van der Waals surface area contributed by atoms with E-state index in [4.69, 9.17) is 21.3 Å². The van der Waals surface area contributed by atoms with Gasteiger partial charge in [-0.1, -0.05) is 0 Å². The van der Waals surface area contributed by atoms with Gasteiger partial charge in [-0.15, -0.1) is 0 Å². The van der Waals surface area contributed by atoms with Gasteiger partial charge in [-0.25, -0.2) is 0 Å². The van der Waals surface area contributed by atoms with Crippen LogP contribution in [-0.2, 0) is 4.79 Å². The first-order valence-corrected chi connectivity index (χ1v) is 5.69. The lowest BCUT2D eigenvalue weighted by atomic mass is 9.89. The molecule has 0 fully saturated rings. The van der Waals surface area contributed by atoms with Gasteiger partial charge in [0.1, 0.15) is 11.8 Å². The van der Waals surface area contributed by atoms with Crippen molar-refractivity contribution in [3.05, 3.63) is 28.3 Å². The van der Waals surface area contributed by atoms with Crippen LogP contribution in [0.15, 0.2) is 6.07 Å². The van der Waals surface area contributed by atoms with Gasteiger partial charge in [0, 0.05) is 0 Å². The van der Waals surface area contributed by atoms with Crippen molar-refractivity contribution in [1.82, 2.24) is 0 Å². The smallest absolute Gasteiger partial charge is 0.322 e. The number of benzene rings is 1. The molecule has 0 amide bonds. The third kappa shape index (κ3) is 2.47.